The number of fused-ring (bicyclic) bond motifs is 1. The summed E-state index contributed by atoms with van der Waals surface area (Å²) in [5.41, 5.74) is 9.30. The van der Waals surface area contributed by atoms with E-state index in [2.05, 4.69) is 11.4 Å². The number of thiocarbonyl (C=S) groups is 1. The molecule has 1 aliphatic carbocycles. The van der Waals surface area contributed by atoms with Gasteiger partial charge in [-0.3, -0.25) is 0 Å². The molecular weight excluding hydrogens is 282 g/mol. The van der Waals surface area contributed by atoms with Gasteiger partial charge in [0.15, 0.2) is 0 Å². The lowest BCUT2D eigenvalue weighted by molar-refractivity contribution is 0.185. The number of pyridine rings is 1. The Hall–Kier alpha value is -1.20. The molecule has 0 aromatic carbocycles. The van der Waals surface area contributed by atoms with Crippen LogP contribution in [-0.4, -0.2) is 29.7 Å². The molecule has 2 heterocycles. The van der Waals surface area contributed by atoms with Crippen molar-refractivity contribution >= 4 is 23.0 Å². The zero-order valence-corrected chi connectivity index (χ0v) is 13.2. The first-order valence-corrected chi connectivity index (χ1v) is 8.29. The van der Waals surface area contributed by atoms with Gasteiger partial charge >= 0.3 is 0 Å². The van der Waals surface area contributed by atoms with Crippen molar-refractivity contribution in [2.45, 2.75) is 38.5 Å². The molecule has 4 nitrogen and oxygen atoms in total. The second-order valence-corrected chi connectivity index (χ2v) is 6.45. The zero-order chi connectivity index (χ0) is 14.7. The van der Waals surface area contributed by atoms with Crippen LogP contribution in [0, 0.1) is 5.92 Å². The highest BCUT2D eigenvalue weighted by atomic mass is 32.1. The minimum absolute atomic E-state index is 0.433. The van der Waals surface area contributed by atoms with E-state index in [1.165, 1.54) is 30.5 Å². The van der Waals surface area contributed by atoms with Crippen LogP contribution in [0.15, 0.2) is 6.07 Å². The first-order chi connectivity index (χ1) is 10.2. The molecule has 1 saturated heterocycles. The lowest BCUT2D eigenvalue weighted by Gasteiger charge is -2.19. The smallest absolute Gasteiger partial charge is 0.136 e. The minimum atomic E-state index is 0.433. The number of hydrogen-bond donors (Lipinski definition) is 2. The Bertz CT molecular complexity index is 526. The average Bonchev–Trinajstić information content (AvgIpc) is 2.99. The van der Waals surface area contributed by atoms with E-state index in [1.807, 2.05) is 0 Å². The first kappa shape index (κ1) is 14.7. The normalized spacial score (nSPS) is 21.0. The maximum Gasteiger partial charge on any atom is 0.136 e. The average molecular weight is 305 g/mol. The van der Waals surface area contributed by atoms with Crippen LogP contribution in [0.2, 0.25) is 0 Å². The number of aryl methyl sites for hydroxylation is 2. The maximum absolute atomic E-state index is 5.87. The van der Waals surface area contributed by atoms with Gasteiger partial charge in [-0.25, -0.2) is 4.98 Å². The molecule has 2 aliphatic rings. The third-order valence-electron chi connectivity index (χ3n) is 4.44. The van der Waals surface area contributed by atoms with E-state index in [0.717, 1.165) is 50.4 Å². The maximum atomic E-state index is 5.87. The molecule has 5 heteroatoms. The summed E-state index contributed by atoms with van der Waals surface area (Å²) in [4.78, 5) is 5.22. The van der Waals surface area contributed by atoms with Crippen LogP contribution in [0.1, 0.15) is 42.5 Å². The van der Waals surface area contributed by atoms with Crippen LogP contribution in [0.5, 0.6) is 0 Å². The van der Waals surface area contributed by atoms with Gasteiger partial charge in [-0.05, 0) is 56.1 Å². The second-order valence-electron chi connectivity index (χ2n) is 6.01. The van der Waals surface area contributed by atoms with Gasteiger partial charge in [-0.15, -0.1) is 0 Å². The summed E-state index contributed by atoms with van der Waals surface area (Å²) in [7, 11) is 0. The van der Waals surface area contributed by atoms with Gasteiger partial charge in [0.2, 0.25) is 0 Å². The molecule has 0 saturated carbocycles. The molecule has 3 N–H and O–H groups in total. The molecular formula is C16H23N3OS. The number of ether oxygens (including phenoxy) is 1. The van der Waals surface area contributed by atoms with E-state index in [9.17, 15) is 0 Å². The summed E-state index contributed by atoms with van der Waals surface area (Å²) in [5.74, 6) is 1.53. The van der Waals surface area contributed by atoms with E-state index in [-0.39, 0.29) is 0 Å². The highest BCUT2D eigenvalue weighted by Gasteiger charge is 2.18. The van der Waals surface area contributed by atoms with Gasteiger partial charge < -0.3 is 15.8 Å². The Balaban J connectivity index is 1.71. The van der Waals surface area contributed by atoms with Crippen molar-refractivity contribution < 1.29 is 4.74 Å². The molecule has 21 heavy (non-hydrogen) atoms. The topological polar surface area (TPSA) is 60.2 Å². The monoisotopic (exact) mass is 305 g/mol. The molecule has 1 aromatic rings. The van der Waals surface area contributed by atoms with Crippen LogP contribution in [0.4, 0.5) is 5.82 Å². The molecule has 1 aliphatic heterocycles. The highest BCUT2D eigenvalue weighted by molar-refractivity contribution is 7.80. The van der Waals surface area contributed by atoms with Gasteiger partial charge in [-0.2, -0.15) is 0 Å². The molecule has 3 rings (SSSR count). The third-order valence-corrected chi connectivity index (χ3v) is 4.66. The van der Waals surface area contributed by atoms with Crippen molar-refractivity contribution in [3.63, 3.8) is 0 Å². The Morgan fingerprint density at radius 1 is 1.43 bits per heavy atom. The lowest BCUT2D eigenvalue weighted by Crippen LogP contribution is -2.19. The summed E-state index contributed by atoms with van der Waals surface area (Å²) >= 11 is 5.19. The van der Waals surface area contributed by atoms with Crippen molar-refractivity contribution in [1.82, 2.24) is 4.98 Å². The molecule has 0 radical (unpaired) electrons. The molecule has 0 spiro atoms. The van der Waals surface area contributed by atoms with Crippen molar-refractivity contribution in [2.75, 3.05) is 25.1 Å². The molecule has 1 aromatic heterocycles. The highest BCUT2D eigenvalue weighted by Crippen LogP contribution is 2.25. The predicted molar refractivity (Wildman–Crippen MR) is 88.8 cm³/mol. The predicted octanol–water partition coefficient (Wildman–Crippen LogP) is 2.43. The molecule has 1 fully saturated rings. The van der Waals surface area contributed by atoms with Crippen LogP contribution < -0.4 is 11.1 Å². The van der Waals surface area contributed by atoms with Crippen LogP contribution >= 0.6 is 12.2 Å². The van der Waals surface area contributed by atoms with E-state index >= 15 is 0 Å². The second kappa shape index (κ2) is 6.71. The first-order valence-electron chi connectivity index (χ1n) is 7.88. The molecule has 0 bridgehead atoms. The third kappa shape index (κ3) is 3.52. The van der Waals surface area contributed by atoms with Crippen molar-refractivity contribution in [3.05, 3.63) is 22.9 Å². The van der Waals surface area contributed by atoms with Crippen LogP contribution in [0.25, 0.3) is 0 Å². The number of nitrogens with one attached hydrogen (secondary N) is 1. The quantitative estimate of drug-likeness (QED) is 0.818. The number of nitrogens with zero attached hydrogens (tertiary/aromatic N) is 1. The summed E-state index contributed by atoms with van der Waals surface area (Å²) < 4.78 is 5.41. The largest absolute Gasteiger partial charge is 0.389 e. The van der Waals surface area contributed by atoms with E-state index in [4.69, 9.17) is 27.7 Å². The summed E-state index contributed by atoms with van der Waals surface area (Å²) in [6.07, 6.45) is 6.90. The Morgan fingerprint density at radius 2 is 2.29 bits per heavy atom. The number of rotatable bonds is 5. The number of nitrogens with two attached hydrogens (primary N) is 1. The van der Waals surface area contributed by atoms with Gasteiger partial charge in [0.05, 0.1) is 5.56 Å². The molecule has 1 atom stereocenters. The van der Waals surface area contributed by atoms with E-state index in [0.29, 0.717) is 10.9 Å². The Kier molecular flexibility index (Phi) is 4.70. The number of aromatic nitrogens is 1. The van der Waals surface area contributed by atoms with Crippen LogP contribution in [-0.2, 0) is 17.6 Å². The minimum Gasteiger partial charge on any atom is -0.389 e. The number of hydrogen-bond acceptors (Lipinski definition) is 4. The fourth-order valence-corrected chi connectivity index (χ4v) is 3.32. The van der Waals surface area contributed by atoms with Crippen LogP contribution in [0.3, 0.4) is 0 Å². The van der Waals surface area contributed by atoms with Gasteiger partial charge in [0.1, 0.15) is 10.8 Å². The summed E-state index contributed by atoms with van der Waals surface area (Å²) in [6.45, 7) is 2.69. The Labute approximate surface area is 131 Å². The standard InChI is InChI=1S/C16H23N3OS/c17-15(21)13-9-12-3-1-2-4-14(12)19-16(13)18-7-5-11-6-8-20-10-11/h9,11H,1-8,10H2,(H2,17,21)(H,18,19). The molecule has 114 valence electrons. The molecule has 1 unspecified atom stereocenters. The van der Waals surface area contributed by atoms with Gasteiger partial charge in [-0.1, -0.05) is 12.2 Å². The lowest BCUT2D eigenvalue weighted by atomic mass is 9.94. The van der Waals surface area contributed by atoms with E-state index < -0.39 is 0 Å². The fourth-order valence-electron chi connectivity index (χ4n) is 3.16. The Morgan fingerprint density at radius 3 is 3.05 bits per heavy atom. The number of anilines is 1. The zero-order valence-electron chi connectivity index (χ0n) is 12.4. The van der Waals surface area contributed by atoms with Crippen molar-refractivity contribution in [2.24, 2.45) is 11.7 Å². The van der Waals surface area contributed by atoms with Crippen molar-refractivity contribution in [3.8, 4) is 0 Å². The summed E-state index contributed by atoms with van der Waals surface area (Å²) in [5, 5.41) is 3.44. The molecule has 0 amide bonds. The van der Waals surface area contributed by atoms with E-state index in [1.54, 1.807) is 0 Å². The van der Waals surface area contributed by atoms with Crippen molar-refractivity contribution in [1.29, 1.82) is 0 Å². The fraction of sp³-hybridized carbons (Fsp3) is 0.625. The summed E-state index contributed by atoms with van der Waals surface area (Å²) in [6, 6.07) is 2.14. The SMILES string of the molecule is NC(=S)c1cc2c(nc1NCCC1CCOC1)CCCC2. The van der Waals surface area contributed by atoms with Gasteiger partial charge in [0.25, 0.3) is 0 Å². The van der Waals surface area contributed by atoms with Gasteiger partial charge in [0, 0.05) is 25.5 Å².